The Morgan fingerprint density at radius 3 is 1.90 bits per heavy atom. The first kappa shape index (κ1) is 26.9. The number of nitrogens with two attached hydrogens (primary N) is 1. The minimum absolute atomic E-state index is 0.0896. The Kier molecular flexibility index (Phi) is 15.5. The predicted molar refractivity (Wildman–Crippen MR) is 121 cm³/mol. The largest absolute Gasteiger partial charge is 0.497 e. The Morgan fingerprint density at radius 2 is 1.48 bits per heavy atom. The van der Waals surface area contributed by atoms with Gasteiger partial charge >= 0.3 is 0 Å². The van der Waals surface area contributed by atoms with E-state index in [-0.39, 0.29) is 17.6 Å². The van der Waals surface area contributed by atoms with Gasteiger partial charge < -0.3 is 20.5 Å². The molecule has 9 heteroatoms. The van der Waals surface area contributed by atoms with Gasteiger partial charge in [-0.25, -0.2) is 0 Å². The van der Waals surface area contributed by atoms with Gasteiger partial charge in [-0.05, 0) is 35.9 Å². The summed E-state index contributed by atoms with van der Waals surface area (Å²) in [5, 5.41) is 2.34. The number of anilines is 2. The molecule has 160 valence electrons. The Balaban J connectivity index is 0.000000448. The van der Waals surface area contributed by atoms with Crippen LogP contribution in [-0.4, -0.2) is 37.1 Å². The highest BCUT2D eigenvalue weighted by atomic mass is 35.5. The van der Waals surface area contributed by atoms with E-state index in [0.717, 1.165) is 17.1 Å². The molecule has 0 unspecified atom stereocenters. The molecule has 0 spiro atoms. The average molecular weight is 464 g/mol. The summed E-state index contributed by atoms with van der Waals surface area (Å²) in [6, 6.07) is 14.5. The molecule has 0 bridgehead atoms. The van der Waals surface area contributed by atoms with E-state index >= 15 is 0 Å². The van der Waals surface area contributed by atoms with Gasteiger partial charge in [0, 0.05) is 48.1 Å². The molecule has 0 aliphatic carbocycles. The smallest absolute Gasteiger partial charge is 0.225 e. The number of nitrogens with one attached hydrogen (secondary N) is 1. The third-order valence-electron chi connectivity index (χ3n) is 3.06. The van der Waals surface area contributed by atoms with E-state index in [4.69, 9.17) is 50.0 Å². The van der Waals surface area contributed by atoms with E-state index in [1.165, 1.54) is 0 Å². The van der Waals surface area contributed by atoms with Gasteiger partial charge in [0.15, 0.2) is 0 Å². The molecule has 3 N–H and O–H groups in total. The topological polar surface area (TPSA) is 90.7 Å². The Morgan fingerprint density at radius 1 is 0.931 bits per heavy atom. The van der Waals surface area contributed by atoms with Gasteiger partial charge in [-0.3, -0.25) is 9.59 Å². The highest BCUT2D eigenvalue weighted by Crippen LogP contribution is 2.16. The molecule has 29 heavy (non-hydrogen) atoms. The van der Waals surface area contributed by atoms with Crippen LogP contribution < -0.4 is 20.5 Å². The van der Waals surface area contributed by atoms with Crippen LogP contribution in [0.25, 0.3) is 0 Å². The number of hydrogen-bond donors (Lipinski definition) is 2. The molecule has 0 radical (unpaired) electrons. The van der Waals surface area contributed by atoms with Gasteiger partial charge in [-0.15, -0.1) is 23.2 Å². The molecule has 0 atom stereocenters. The lowest BCUT2D eigenvalue weighted by molar-refractivity contribution is -0.115. The molecule has 0 aromatic heterocycles. The van der Waals surface area contributed by atoms with Crippen LogP contribution in [-0.2, 0) is 9.59 Å². The van der Waals surface area contributed by atoms with E-state index in [0.29, 0.717) is 23.9 Å². The number of halogens is 3. The number of rotatable bonds is 7. The summed E-state index contributed by atoms with van der Waals surface area (Å²) in [5.74, 6) is 2.08. The lowest BCUT2D eigenvalue weighted by atomic mass is 10.3. The minimum Gasteiger partial charge on any atom is -0.497 e. The first-order valence-corrected chi connectivity index (χ1v) is 9.94. The summed E-state index contributed by atoms with van der Waals surface area (Å²) >= 11 is 15.4. The third kappa shape index (κ3) is 14.5. The van der Waals surface area contributed by atoms with Crippen LogP contribution in [0.2, 0.25) is 0 Å². The van der Waals surface area contributed by atoms with Crippen molar-refractivity contribution < 1.29 is 19.1 Å². The maximum atomic E-state index is 11.2. The molecule has 0 heterocycles. The van der Waals surface area contributed by atoms with Crippen LogP contribution >= 0.6 is 34.8 Å². The second-order valence-electron chi connectivity index (χ2n) is 5.29. The molecule has 2 aromatic carbocycles. The quantitative estimate of drug-likeness (QED) is 0.345. The Bertz CT molecular complexity index is 745. The van der Waals surface area contributed by atoms with Crippen molar-refractivity contribution in [2.75, 3.05) is 37.0 Å². The van der Waals surface area contributed by atoms with Gasteiger partial charge in [0.1, 0.15) is 11.5 Å². The van der Waals surface area contributed by atoms with Crippen molar-refractivity contribution in [3.63, 3.8) is 0 Å². The number of benzene rings is 2. The van der Waals surface area contributed by atoms with E-state index < -0.39 is 0 Å². The Hall–Kier alpha value is -2.15. The van der Waals surface area contributed by atoms with Gasteiger partial charge in [-0.2, -0.15) is 0 Å². The number of hydrogen-bond acceptors (Lipinski definition) is 5. The number of ether oxygens (including phenoxy) is 2. The lowest BCUT2D eigenvalue weighted by Crippen LogP contribution is -2.11. The monoisotopic (exact) mass is 462 g/mol. The van der Waals surface area contributed by atoms with E-state index in [2.05, 4.69) is 5.32 Å². The van der Waals surface area contributed by atoms with E-state index in [1.807, 2.05) is 30.3 Å². The molecule has 0 saturated carbocycles. The molecule has 2 aromatic rings. The maximum Gasteiger partial charge on any atom is 0.225 e. The van der Waals surface area contributed by atoms with Crippen LogP contribution in [0.5, 0.6) is 11.5 Å². The van der Waals surface area contributed by atoms with Crippen molar-refractivity contribution >= 4 is 57.3 Å². The fourth-order valence-electron chi connectivity index (χ4n) is 1.73. The summed E-state index contributed by atoms with van der Waals surface area (Å²) in [6.45, 7) is 0. The molecule has 6 nitrogen and oxygen atoms in total. The Labute approximate surface area is 186 Å². The molecule has 1 amide bonds. The number of alkyl halides is 2. The van der Waals surface area contributed by atoms with Gasteiger partial charge in [-0.1, -0.05) is 12.1 Å². The number of carbonyl (C=O) groups is 2. The number of methoxy groups -OCH3 is 2. The summed E-state index contributed by atoms with van der Waals surface area (Å²) < 4.78 is 9.93. The summed E-state index contributed by atoms with van der Waals surface area (Å²) in [5.41, 5.74) is 6.91. The zero-order valence-corrected chi connectivity index (χ0v) is 18.6. The fourth-order valence-corrected chi connectivity index (χ4v) is 2.26. The van der Waals surface area contributed by atoms with Crippen LogP contribution in [0.1, 0.15) is 12.8 Å². The zero-order valence-electron chi connectivity index (χ0n) is 16.3. The van der Waals surface area contributed by atoms with Crippen LogP contribution in [0, 0.1) is 0 Å². The van der Waals surface area contributed by atoms with Gasteiger partial charge in [0.25, 0.3) is 0 Å². The fraction of sp³-hybridized carbons (Fsp3) is 0.300. The van der Waals surface area contributed by atoms with E-state index in [1.54, 1.807) is 32.4 Å². The van der Waals surface area contributed by atoms with Crippen molar-refractivity contribution in [3.8, 4) is 11.5 Å². The molecule has 0 saturated heterocycles. The minimum atomic E-state index is -0.370. The van der Waals surface area contributed by atoms with Crippen LogP contribution in [0.4, 0.5) is 11.4 Å². The summed E-state index contributed by atoms with van der Waals surface area (Å²) in [4.78, 5) is 20.9. The molecular weight excluding hydrogens is 439 g/mol. The normalized spacial score (nSPS) is 9.14. The van der Waals surface area contributed by atoms with Crippen molar-refractivity contribution in [3.05, 3.63) is 48.5 Å². The number of nitrogen functional groups attached to an aromatic ring is 1. The maximum absolute atomic E-state index is 11.2. The number of carbonyl (C=O) groups excluding carboxylic acids is 2. The highest BCUT2D eigenvalue weighted by Gasteiger charge is 2.01. The van der Waals surface area contributed by atoms with E-state index in [9.17, 15) is 9.59 Å². The van der Waals surface area contributed by atoms with Gasteiger partial charge in [0.05, 0.1) is 14.2 Å². The molecule has 0 aliphatic heterocycles. The third-order valence-corrected chi connectivity index (χ3v) is 3.63. The van der Waals surface area contributed by atoms with Crippen molar-refractivity contribution in [2.24, 2.45) is 0 Å². The molecule has 0 fully saturated rings. The van der Waals surface area contributed by atoms with Crippen molar-refractivity contribution in [1.82, 2.24) is 0 Å². The molecular formula is C20H25Cl3N2O4. The van der Waals surface area contributed by atoms with Crippen LogP contribution in [0.3, 0.4) is 0 Å². The lowest BCUT2D eigenvalue weighted by Gasteiger charge is -2.05. The zero-order chi connectivity index (χ0) is 22.1. The second-order valence-corrected chi connectivity index (χ2v) is 6.47. The van der Waals surface area contributed by atoms with Crippen molar-refractivity contribution in [2.45, 2.75) is 12.8 Å². The predicted octanol–water partition coefficient (Wildman–Crippen LogP) is 4.92. The van der Waals surface area contributed by atoms with Crippen molar-refractivity contribution in [1.29, 1.82) is 0 Å². The average Bonchev–Trinajstić information content (AvgIpc) is 2.69. The summed E-state index contributed by atoms with van der Waals surface area (Å²) in [7, 11) is 3.20. The SMILES string of the molecule is COc1cccc(N)c1.COc1cccc(NC(=O)CCCl)c1.O=C(Cl)CCCl. The first-order valence-electron chi connectivity index (χ1n) is 8.50. The summed E-state index contributed by atoms with van der Waals surface area (Å²) in [6.07, 6.45) is 0.585. The van der Waals surface area contributed by atoms with Gasteiger partial charge in [0.2, 0.25) is 11.1 Å². The highest BCUT2D eigenvalue weighted by molar-refractivity contribution is 6.63. The molecule has 2 rings (SSSR count). The standard InChI is InChI=1S/C10H12ClNO2.C7H9NO.C3H4Cl2O/c1-14-9-4-2-3-8(7-9)12-10(13)5-6-11;1-9-7-4-2-3-6(8)5-7;4-2-1-3(5)6/h2-4,7H,5-6H2,1H3,(H,12,13);2-5H,8H2,1H3;1-2H2. The number of amides is 1. The molecule has 0 aliphatic rings. The first-order chi connectivity index (χ1) is 13.9. The van der Waals surface area contributed by atoms with Crippen LogP contribution in [0.15, 0.2) is 48.5 Å². The second kappa shape index (κ2) is 16.8.